The highest BCUT2D eigenvalue weighted by molar-refractivity contribution is 5.90. The molecular weight excluding hydrogens is 414 g/mol. The van der Waals surface area contributed by atoms with Crippen LogP contribution < -0.4 is 30.8 Å². The number of anilines is 3. The first-order valence-electron chi connectivity index (χ1n) is 10.3. The smallest absolute Gasteiger partial charge is 0.333 e. The molecule has 0 bridgehead atoms. The maximum absolute atomic E-state index is 12.6. The monoisotopic (exact) mass is 435 g/mol. The molecule has 0 unspecified atom stereocenters. The fourth-order valence-electron chi connectivity index (χ4n) is 3.76. The van der Waals surface area contributed by atoms with Crippen molar-refractivity contribution in [3.63, 3.8) is 0 Å². The van der Waals surface area contributed by atoms with E-state index in [1.807, 2.05) is 36.1 Å². The molecular formula is C22H21N5O5. The zero-order chi connectivity index (χ0) is 22.2. The van der Waals surface area contributed by atoms with E-state index in [0.29, 0.717) is 49.4 Å². The van der Waals surface area contributed by atoms with E-state index < -0.39 is 23.6 Å². The van der Waals surface area contributed by atoms with Crippen LogP contribution >= 0.6 is 0 Å². The van der Waals surface area contributed by atoms with Gasteiger partial charge in [-0.15, -0.1) is 5.10 Å². The van der Waals surface area contributed by atoms with Crippen LogP contribution in [0.1, 0.15) is 5.56 Å². The van der Waals surface area contributed by atoms with Crippen molar-refractivity contribution in [3.8, 4) is 11.5 Å². The largest absolute Gasteiger partial charge is 0.486 e. The van der Waals surface area contributed by atoms with Gasteiger partial charge in [0.1, 0.15) is 19.8 Å². The Kier molecular flexibility index (Phi) is 4.89. The van der Waals surface area contributed by atoms with E-state index in [0.717, 1.165) is 15.9 Å². The van der Waals surface area contributed by atoms with Gasteiger partial charge in [-0.3, -0.25) is 19.0 Å². The summed E-state index contributed by atoms with van der Waals surface area (Å²) in [5, 5.41) is 7.04. The first-order chi connectivity index (χ1) is 15.5. The summed E-state index contributed by atoms with van der Waals surface area (Å²) in [6.45, 7) is 3.37. The van der Waals surface area contributed by atoms with E-state index >= 15 is 0 Å². The van der Waals surface area contributed by atoms with Crippen LogP contribution in [0.3, 0.4) is 0 Å². The molecule has 32 heavy (non-hydrogen) atoms. The molecule has 10 nitrogen and oxygen atoms in total. The first kappa shape index (κ1) is 19.9. The minimum atomic E-state index is -0.836. The summed E-state index contributed by atoms with van der Waals surface area (Å²) < 4.78 is 13.2. The molecule has 1 N–H and O–H groups in total. The van der Waals surface area contributed by atoms with Gasteiger partial charge in [0.05, 0.1) is 0 Å². The van der Waals surface area contributed by atoms with Gasteiger partial charge < -0.3 is 19.7 Å². The number of nitrogens with one attached hydrogen (secondary N) is 1. The van der Waals surface area contributed by atoms with Gasteiger partial charge in [-0.25, -0.2) is 4.68 Å². The molecule has 0 saturated carbocycles. The average Bonchev–Trinajstić information content (AvgIpc) is 3.21. The second-order valence-electron chi connectivity index (χ2n) is 7.61. The van der Waals surface area contributed by atoms with Crippen molar-refractivity contribution in [1.82, 2.24) is 14.3 Å². The second-order valence-corrected chi connectivity index (χ2v) is 7.61. The second kappa shape index (κ2) is 7.88. The lowest BCUT2D eigenvalue weighted by molar-refractivity contribution is -0.117. The van der Waals surface area contributed by atoms with Gasteiger partial charge in [-0.2, -0.15) is 0 Å². The maximum atomic E-state index is 12.6. The molecule has 164 valence electrons. The highest BCUT2D eigenvalue weighted by atomic mass is 16.6. The Labute approximate surface area is 182 Å². The normalized spacial score (nSPS) is 14.2. The highest BCUT2D eigenvalue weighted by Gasteiger charge is 2.26. The minimum absolute atomic E-state index is 0.339. The number of ether oxygens (including phenoxy) is 2. The van der Waals surface area contributed by atoms with Crippen molar-refractivity contribution in [2.45, 2.75) is 20.0 Å². The molecule has 5 rings (SSSR count). The highest BCUT2D eigenvalue weighted by Crippen LogP contribution is 2.32. The van der Waals surface area contributed by atoms with Crippen LogP contribution in [0.2, 0.25) is 0 Å². The number of nitrogens with zero attached hydrogens (tertiary/aromatic N) is 4. The Morgan fingerprint density at radius 2 is 1.75 bits per heavy atom. The molecule has 0 fully saturated rings. The molecule has 1 amide bonds. The number of benzene rings is 2. The quantitative estimate of drug-likeness (QED) is 0.615. The standard InChI is InChI=1S/C22H21N5O5/c1-14-2-5-16(6-3-14)25-8-9-26-20(29)21(30)27(24-22(25)26)13-19(28)23-15-4-7-17-18(12-15)32-11-10-31-17/h2-7,12H,8-11,13H2,1H3,(H,23,28). The van der Waals surface area contributed by atoms with Crippen LogP contribution in [0.5, 0.6) is 11.5 Å². The van der Waals surface area contributed by atoms with Gasteiger partial charge in [0.25, 0.3) is 0 Å². The molecule has 2 aliphatic heterocycles. The summed E-state index contributed by atoms with van der Waals surface area (Å²) in [5.74, 6) is 0.995. The van der Waals surface area contributed by atoms with E-state index in [9.17, 15) is 14.4 Å². The molecule has 3 heterocycles. The van der Waals surface area contributed by atoms with Crippen LogP contribution in [0.4, 0.5) is 17.3 Å². The van der Waals surface area contributed by atoms with Crippen molar-refractivity contribution in [1.29, 1.82) is 0 Å². The molecule has 1 aromatic heterocycles. The third kappa shape index (κ3) is 3.59. The number of aromatic nitrogens is 3. The number of carbonyl (C=O) groups is 1. The number of amides is 1. The Balaban J connectivity index is 1.39. The number of aryl methyl sites for hydroxylation is 1. The average molecular weight is 435 g/mol. The molecule has 3 aromatic rings. The van der Waals surface area contributed by atoms with Gasteiger partial charge >= 0.3 is 11.1 Å². The molecule has 0 aliphatic carbocycles. The zero-order valence-corrected chi connectivity index (χ0v) is 17.4. The third-order valence-corrected chi connectivity index (χ3v) is 5.37. The molecule has 0 atom stereocenters. The Morgan fingerprint density at radius 3 is 2.53 bits per heavy atom. The molecule has 0 spiro atoms. The number of hydrogen-bond acceptors (Lipinski definition) is 7. The van der Waals surface area contributed by atoms with E-state index in [1.54, 1.807) is 18.2 Å². The third-order valence-electron chi connectivity index (χ3n) is 5.37. The fourth-order valence-corrected chi connectivity index (χ4v) is 3.76. The summed E-state index contributed by atoms with van der Waals surface area (Å²) in [6.07, 6.45) is 0. The molecule has 0 radical (unpaired) electrons. The van der Waals surface area contributed by atoms with Crippen LogP contribution in [0.15, 0.2) is 52.1 Å². The predicted octanol–water partition coefficient (Wildman–Crippen LogP) is 1.28. The molecule has 0 saturated heterocycles. The number of fused-ring (bicyclic) bond motifs is 2. The van der Waals surface area contributed by atoms with Gasteiger partial charge in [-0.05, 0) is 31.2 Å². The zero-order valence-electron chi connectivity index (χ0n) is 17.4. The van der Waals surface area contributed by atoms with Crippen LogP contribution in [0.25, 0.3) is 0 Å². The van der Waals surface area contributed by atoms with E-state index in [4.69, 9.17) is 9.47 Å². The lowest BCUT2D eigenvalue weighted by atomic mass is 10.2. The Morgan fingerprint density at radius 1 is 1.00 bits per heavy atom. The lowest BCUT2D eigenvalue weighted by Crippen LogP contribution is -2.44. The van der Waals surface area contributed by atoms with Crippen molar-refractivity contribution in [2.24, 2.45) is 0 Å². The number of rotatable bonds is 4. The van der Waals surface area contributed by atoms with Gasteiger partial charge in [0.15, 0.2) is 11.5 Å². The van der Waals surface area contributed by atoms with Gasteiger partial charge in [0.2, 0.25) is 11.9 Å². The summed E-state index contributed by atoms with van der Waals surface area (Å²) >= 11 is 0. The molecule has 2 aromatic carbocycles. The summed E-state index contributed by atoms with van der Waals surface area (Å²) in [5.41, 5.74) is 0.929. The molecule has 10 heteroatoms. The summed E-state index contributed by atoms with van der Waals surface area (Å²) in [4.78, 5) is 39.6. The topological polar surface area (TPSA) is 108 Å². The SMILES string of the molecule is Cc1ccc(N2CCn3c2nn(CC(=O)Nc2ccc4c(c2)OCCO4)c(=O)c3=O)cc1. The van der Waals surface area contributed by atoms with Gasteiger partial charge in [0, 0.05) is 30.5 Å². The maximum Gasteiger partial charge on any atom is 0.333 e. The van der Waals surface area contributed by atoms with E-state index in [-0.39, 0.29) is 0 Å². The lowest BCUT2D eigenvalue weighted by Gasteiger charge is -2.19. The first-order valence-corrected chi connectivity index (χ1v) is 10.3. The Bertz CT molecular complexity index is 1310. The summed E-state index contributed by atoms with van der Waals surface area (Å²) in [6, 6.07) is 12.8. The number of carbonyl (C=O) groups excluding carboxylic acids is 1. The van der Waals surface area contributed by atoms with Crippen molar-refractivity contribution in [2.75, 3.05) is 30.0 Å². The van der Waals surface area contributed by atoms with Crippen molar-refractivity contribution < 1.29 is 14.3 Å². The van der Waals surface area contributed by atoms with Crippen molar-refractivity contribution >= 4 is 23.2 Å². The van der Waals surface area contributed by atoms with Gasteiger partial charge in [-0.1, -0.05) is 17.7 Å². The van der Waals surface area contributed by atoms with Crippen molar-refractivity contribution in [3.05, 3.63) is 68.7 Å². The fraction of sp³-hybridized carbons (Fsp3) is 0.273. The van der Waals surface area contributed by atoms with E-state index in [1.165, 1.54) is 4.57 Å². The predicted molar refractivity (Wildman–Crippen MR) is 117 cm³/mol. The van der Waals surface area contributed by atoms with Crippen LogP contribution in [-0.2, 0) is 17.9 Å². The van der Waals surface area contributed by atoms with Crippen LogP contribution in [-0.4, -0.2) is 40.0 Å². The summed E-state index contributed by atoms with van der Waals surface area (Å²) in [7, 11) is 0. The Hall–Kier alpha value is -4.08. The number of hydrogen-bond donors (Lipinski definition) is 1. The van der Waals surface area contributed by atoms with Crippen LogP contribution in [0, 0.1) is 6.92 Å². The molecule has 2 aliphatic rings. The van der Waals surface area contributed by atoms with E-state index in [2.05, 4.69) is 10.4 Å². The minimum Gasteiger partial charge on any atom is -0.486 e.